The van der Waals surface area contributed by atoms with Crippen molar-refractivity contribution in [1.82, 2.24) is 4.98 Å². The molecule has 2 aromatic rings. The number of ether oxygens (including phenoxy) is 2. The summed E-state index contributed by atoms with van der Waals surface area (Å²) in [6, 6.07) is 3.17. The number of methoxy groups -OCH3 is 1. The molecule has 0 bridgehead atoms. The average Bonchev–Trinajstić information content (AvgIpc) is 3.05. The van der Waals surface area contributed by atoms with E-state index in [9.17, 15) is 14.4 Å². The zero-order valence-electron chi connectivity index (χ0n) is 15.1. The average molecular weight is 388 g/mol. The SMILES string of the molecule is COC(=O)c1c(NC(=O)[C@@H](C)OC(=O)c2cccnc2)sc2c1CCCC2. The number of carbonyl (C=O) groups is 3. The molecule has 2 aromatic heterocycles. The predicted octanol–water partition coefficient (Wildman–Crippen LogP) is 2.99. The van der Waals surface area contributed by atoms with Gasteiger partial charge in [-0.3, -0.25) is 9.78 Å². The minimum atomic E-state index is -1.03. The summed E-state index contributed by atoms with van der Waals surface area (Å²) in [5, 5.41) is 3.17. The summed E-state index contributed by atoms with van der Waals surface area (Å²) in [6.07, 6.45) is 5.61. The van der Waals surface area contributed by atoms with E-state index in [4.69, 9.17) is 9.47 Å². The number of carbonyl (C=O) groups excluding carboxylic acids is 3. The van der Waals surface area contributed by atoms with Gasteiger partial charge in [0.05, 0.1) is 18.2 Å². The van der Waals surface area contributed by atoms with Crippen LogP contribution in [0.15, 0.2) is 24.5 Å². The highest BCUT2D eigenvalue weighted by atomic mass is 32.1. The van der Waals surface area contributed by atoms with Crippen LogP contribution in [0.4, 0.5) is 5.00 Å². The fourth-order valence-corrected chi connectivity index (χ4v) is 4.23. The van der Waals surface area contributed by atoms with Crippen LogP contribution in [-0.4, -0.2) is 36.0 Å². The zero-order valence-corrected chi connectivity index (χ0v) is 15.9. The lowest BCUT2D eigenvalue weighted by molar-refractivity contribution is -0.123. The first-order chi connectivity index (χ1) is 13.0. The Kier molecular flexibility index (Phi) is 5.85. The molecule has 3 rings (SSSR count). The molecule has 1 aliphatic carbocycles. The van der Waals surface area contributed by atoms with Crippen LogP contribution in [0.25, 0.3) is 0 Å². The van der Waals surface area contributed by atoms with Crippen LogP contribution in [0.1, 0.15) is 50.9 Å². The maximum atomic E-state index is 12.5. The van der Waals surface area contributed by atoms with Gasteiger partial charge in [0.15, 0.2) is 6.10 Å². The van der Waals surface area contributed by atoms with E-state index < -0.39 is 23.9 Å². The summed E-state index contributed by atoms with van der Waals surface area (Å²) in [7, 11) is 1.32. The first-order valence-corrected chi connectivity index (χ1v) is 9.47. The van der Waals surface area contributed by atoms with Gasteiger partial charge in [-0.1, -0.05) is 0 Å². The molecule has 0 unspecified atom stereocenters. The third-order valence-electron chi connectivity index (χ3n) is 4.35. The summed E-state index contributed by atoms with van der Waals surface area (Å²) < 4.78 is 10.1. The Labute approximate surface area is 160 Å². The van der Waals surface area contributed by atoms with Crippen LogP contribution in [0.2, 0.25) is 0 Å². The summed E-state index contributed by atoms with van der Waals surface area (Å²) in [4.78, 5) is 41.8. The maximum Gasteiger partial charge on any atom is 0.341 e. The molecule has 142 valence electrons. The van der Waals surface area contributed by atoms with Crippen molar-refractivity contribution in [3.8, 4) is 0 Å². The molecule has 7 nitrogen and oxygen atoms in total. The van der Waals surface area contributed by atoms with E-state index in [1.54, 1.807) is 18.3 Å². The van der Waals surface area contributed by atoms with Gasteiger partial charge in [0.25, 0.3) is 5.91 Å². The first kappa shape index (κ1) is 19.0. The quantitative estimate of drug-likeness (QED) is 0.792. The van der Waals surface area contributed by atoms with Gasteiger partial charge in [0.2, 0.25) is 0 Å². The standard InChI is InChI=1S/C19H20N2O5S/c1-11(26-18(23)12-6-5-9-20-10-12)16(22)21-17-15(19(24)25-2)13-7-3-4-8-14(13)27-17/h5-6,9-11H,3-4,7-8H2,1-2H3,(H,21,22)/t11-/m1/s1. The highest BCUT2D eigenvalue weighted by Gasteiger charge is 2.28. The molecule has 0 aliphatic heterocycles. The summed E-state index contributed by atoms with van der Waals surface area (Å²) in [5.41, 5.74) is 1.63. The molecule has 1 N–H and O–H groups in total. The van der Waals surface area contributed by atoms with Gasteiger partial charge in [-0.2, -0.15) is 0 Å². The molecule has 1 atom stereocenters. The van der Waals surface area contributed by atoms with Crippen molar-refractivity contribution in [3.05, 3.63) is 46.1 Å². The van der Waals surface area contributed by atoms with Crippen molar-refractivity contribution < 1.29 is 23.9 Å². The van der Waals surface area contributed by atoms with E-state index in [1.165, 1.54) is 31.6 Å². The second-order valence-electron chi connectivity index (χ2n) is 6.19. The molecule has 0 radical (unpaired) electrons. The highest BCUT2D eigenvalue weighted by Crippen LogP contribution is 2.38. The number of aromatic nitrogens is 1. The molecule has 0 fully saturated rings. The van der Waals surface area contributed by atoms with Crippen molar-refractivity contribution in [2.45, 2.75) is 38.7 Å². The molecule has 8 heteroatoms. The topological polar surface area (TPSA) is 94.6 Å². The van der Waals surface area contributed by atoms with E-state index in [-0.39, 0.29) is 5.56 Å². The number of nitrogens with one attached hydrogen (secondary N) is 1. The monoisotopic (exact) mass is 388 g/mol. The largest absolute Gasteiger partial charge is 0.465 e. The number of aryl methyl sites for hydroxylation is 1. The lowest BCUT2D eigenvalue weighted by atomic mass is 9.95. The predicted molar refractivity (Wildman–Crippen MR) is 100 cm³/mol. The zero-order chi connectivity index (χ0) is 19.4. The number of fused-ring (bicyclic) bond motifs is 1. The third-order valence-corrected chi connectivity index (χ3v) is 5.56. The number of esters is 2. The van der Waals surface area contributed by atoms with Crippen LogP contribution in [0, 0.1) is 0 Å². The smallest absolute Gasteiger partial charge is 0.341 e. The molecule has 27 heavy (non-hydrogen) atoms. The Hall–Kier alpha value is -2.74. The van der Waals surface area contributed by atoms with E-state index >= 15 is 0 Å². The van der Waals surface area contributed by atoms with Gasteiger partial charge in [-0.05, 0) is 50.3 Å². The molecule has 0 aromatic carbocycles. The number of pyridine rings is 1. The van der Waals surface area contributed by atoms with Crippen molar-refractivity contribution >= 4 is 34.2 Å². The molecular formula is C19H20N2O5S. The van der Waals surface area contributed by atoms with Crippen molar-refractivity contribution in [3.63, 3.8) is 0 Å². The van der Waals surface area contributed by atoms with Crippen LogP contribution >= 0.6 is 11.3 Å². The van der Waals surface area contributed by atoms with Gasteiger partial charge in [0.1, 0.15) is 5.00 Å². The summed E-state index contributed by atoms with van der Waals surface area (Å²) in [5.74, 6) is -1.61. The second-order valence-corrected chi connectivity index (χ2v) is 7.29. The summed E-state index contributed by atoms with van der Waals surface area (Å²) >= 11 is 1.38. The van der Waals surface area contributed by atoms with Crippen molar-refractivity contribution in [2.24, 2.45) is 0 Å². The molecule has 2 heterocycles. The van der Waals surface area contributed by atoms with Gasteiger partial charge in [0, 0.05) is 17.3 Å². The first-order valence-electron chi connectivity index (χ1n) is 8.66. The van der Waals surface area contributed by atoms with Gasteiger partial charge in [-0.15, -0.1) is 11.3 Å². The molecule has 0 saturated heterocycles. The molecule has 0 saturated carbocycles. The van der Waals surface area contributed by atoms with E-state index in [0.717, 1.165) is 36.1 Å². The fraction of sp³-hybridized carbons (Fsp3) is 0.368. The number of thiophene rings is 1. The fourth-order valence-electron chi connectivity index (χ4n) is 2.95. The lowest BCUT2D eigenvalue weighted by Gasteiger charge is -2.14. The number of amides is 1. The lowest BCUT2D eigenvalue weighted by Crippen LogP contribution is -2.30. The highest BCUT2D eigenvalue weighted by molar-refractivity contribution is 7.17. The van der Waals surface area contributed by atoms with Crippen LogP contribution in [0.3, 0.4) is 0 Å². The Morgan fingerprint density at radius 3 is 2.70 bits per heavy atom. The van der Waals surface area contributed by atoms with E-state index in [0.29, 0.717) is 10.6 Å². The number of nitrogens with zero attached hydrogens (tertiary/aromatic N) is 1. The molecule has 0 spiro atoms. The van der Waals surface area contributed by atoms with Gasteiger partial charge < -0.3 is 14.8 Å². The van der Waals surface area contributed by atoms with Crippen molar-refractivity contribution in [2.75, 3.05) is 12.4 Å². The Bertz CT molecular complexity index is 862. The number of anilines is 1. The second kappa shape index (κ2) is 8.30. The van der Waals surface area contributed by atoms with Crippen LogP contribution < -0.4 is 5.32 Å². The summed E-state index contributed by atoms with van der Waals surface area (Å²) in [6.45, 7) is 1.48. The minimum Gasteiger partial charge on any atom is -0.465 e. The third kappa shape index (κ3) is 4.16. The van der Waals surface area contributed by atoms with Gasteiger partial charge in [-0.25, -0.2) is 9.59 Å². The Morgan fingerprint density at radius 2 is 2.00 bits per heavy atom. The van der Waals surface area contributed by atoms with Crippen LogP contribution in [0.5, 0.6) is 0 Å². The number of hydrogen-bond acceptors (Lipinski definition) is 7. The van der Waals surface area contributed by atoms with Crippen molar-refractivity contribution in [1.29, 1.82) is 0 Å². The Morgan fingerprint density at radius 1 is 1.22 bits per heavy atom. The van der Waals surface area contributed by atoms with E-state index in [1.807, 2.05) is 0 Å². The maximum absolute atomic E-state index is 12.5. The van der Waals surface area contributed by atoms with Gasteiger partial charge >= 0.3 is 11.9 Å². The molecular weight excluding hydrogens is 368 g/mol. The Balaban J connectivity index is 1.74. The number of rotatable bonds is 5. The van der Waals surface area contributed by atoms with Crippen LogP contribution in [-0.2, 0) is 27.1 Å². The normalized spacial score (nSPS) is 14.0. The minimum absolute atomic E-state index is 0.263. The molecule has 1 aliphatic rings. The number of hydrogen-bond donors (Lipinski definition) is 1. The molecule has 1 amide bonds. The van der Waals surface area contributed by atoms with E-state index in [2.05, 4.69) is 10.3 Å².